The van der Waals surface area contributed by atoms with Gasteiger partial charge in [-0.3, -0.25) is 9.48 Å². The molecule has 0 radical (unpaired) electrons. The number of carbonyl (C=O) groups is 1. The molecule has 1 aromatic carbocycles. The maximum Gasteiger partial charge on any atom is 0.235 e. The Morgan fingerprint density at radius 1 is 1.24 bits per heavy atom. The monoisotopic (exact) mass is 469 g/mol. The molecule has 1 atom stereocenters. The molecule has 4 aromatic rings. The zero-order chi connectivity index (χ0) is 24.5. The molecule has 0 aliphatic carbocycles. The summed E-state index contributed by atoms with van der Waals surface area (Å²) >= 11 is 0. The largest absolute Gasteiger partial charge is 0.378 e. The van der Waals surface area contributed by atoms with Gasteiger partial charge >= 0.3 is 0 Å². The first kappa shape index (κ1) is 23.1. The zero-order valence-corrected chi connectivity index (χ0v) is 18.2. The number of hydrogen-bond donors (Lipinski definition) is 3. The predicted molar refractivity (Wildman–Crippen MR) is 117 cm³/mol. The number of halogens is 2. The zero-order valence-electron chi connectivity index (χ0n) is 18.2. The molecule has 0 aliphatic heterocycles. The summed E-state index contributed by atoms with van der Waals surface area (Å²) in [5.74, 6) is -2.44. The molecule has 4 N–H and O–H groups in total. The number of nitrogens with zero attached hydrogens (tertiary/aromatic N) is 5. The molecule has 0 spiro atoms. The number of aromatic nitrogens is 5. The SMILES string of the molecule is CC(C)(C(=O)Nc1nc(-c2cc(-c3ccon3)n(Cc3ccccc3F)n2)ncc1F)C(N)O. The van der Waals surface area contributed by atoms with E-state index >= 15 is 0 Å². The van der Waals surface area contributed by atoms with Crippen LogP contribution in [0.15, 0.2) is 53.4 Å². The number of benzene rings is 1. The smallest absolute Gasteiger partial charge is 0.235 e. The number of hydrogen-bond acceptors (Lipinski definition) is 8. The van der Waals surface area contributed by atoms with Crippen molar-refractivity contribution < 1.29 is 23.2 Å². The van der Waals surface area contributed by atoms with Crippen molar-refractivity contribution in [3.63, 3.8) is 0 Å². The third-order valence-corrected chi connectivity index (χ3v) is 5.29. The molecular formula is C22H21F2N7O3. The molecule has 3 heterocycles. The minimum Gasteiger partial charge on any atom is -0.378 e. The number of anilines is 1. The van der Waals surface area contributed by atoms with Gasteiger partial charge in [-0.05, 0) is 26.0 Å². The topological polar surface area (TPSA) is 145 Å². The van der Waals surface area contributed by atoms with Gasteiger partial charge in [-0.25, -0.2) is 18.7 Å². The highest BCUT2D eigenvalue weighted by Gasteiger charge is 2.34. The molecule has 0 saturated heterocycles. The molecule has 3 aromatic heterocycles. The number of carbonyl (C=O) groups excluding carboxylic acids is 1. The number of aliphatic hydroxyl groups excluding tert-OH is 1. The van der Waals surface area contributed by atoms with E-state index in [0.717, 1.165) is 6.20 Å². The van der Waals surface area contributed by atoms with Crippen LogP contribution >= 0.6 is 0 Å². The Morgan fingerprint density at radius 2 is 2.00 bits per heavy atom. The molecule has 0 fully saturated rings. The maximum atomic E-state index is 14.4. The Balaban J connectivity index is 1.71. The standard InChI is InChI=1S/C22H21F2N7O3/c1-22(2,20(25)32)21(33)28-18-14(24)10-26-19(27-18)16-9-17(15-7-8-34-30-15)31(29-16)11-12-5-3-4-6-13(12)23/h3-10,20,32H,11,25H2,1-2H3,(H,26,27,28,33). The van der Waals surface area contributed by atoms with E-state index in [1.54, 1.807) is 30.3 Å². The first-order valence-corrected chi connectivity index (χ1v) is 10.2. The van der Waals surface area contributed by atoms with Gasteiger partial charge in [-0.2, -0.15) is 5.10 Å². The molecule has 34 heavy (non-hydrogen) atoms. The molecule has 1 amide bonds. The average Bonchev–Trinajstić information content (AvgIpc) is 3.46. The van der Waals surface area contributed by atoms with Crippen LogP contribution in [0.25, 0.3) is 22.9 Å². The molecule has 0 aliphatic rings. The first-order valence-electron chi connectivity index (χ1n) is 10.2. The fourth-order valence-corrected chi connectivity index (χ4v) is 2.97. The summed E-state index contributed by atoms with van der Waals surface area (Å²) in [5, 5.41) is 20.3. The van der Waals surface area contributed by atoms with Crippen molar-refractivity contribution in [2.24, 2.45) is 11.1 Å². The highest BCUT2D eigenvalue weighted by molar-refractivity contribution is 5.94. The van der Waals surface area contributed by atoms with Crippen LogP contribution < -0.4 is 11.1 Å². The van der Waals surface area contributed by atoms with Crippen molar-refractivity contribution in [3.05, 3.63) is 66.1 Å². The van der Waals surface area contributed by atoms with Gasteiger partial charge in [-0.1, -0.05) is 23.4 Å². The molecule has 4 rings (SSSR count). The van der Waals surface area contributed by atoms with E-state index in [4.69, 9.17) is 10.3 Å². The average molecular weight is 469 g/mol. The van der Waals surface area contributed by atoms with Gasteiger partial charge in [0.25, 0.3) is 0 Å². The van der Waals surface area contributed by atoms with Gasteiger partial charge in [0.1, 0.15) is 29.7 Å². The van der Waals surface area contributed by atoms with Crippen molar-refractivity contribution in [1.82, 2.24) is 24.9 Å². The van der Waals surface area contributed by atoms with Crippen LogP contribution in [0.1, 0.15) is 19.4 Å². The Hall–Kier alpha value is -4.03. The Labute approximate surface area is 192 Å². The molecule has 12 heteroatoms. The Kier molecular flexibility index (Phi) is 6.18. The van der Waals surface area contributed by atoms with Crippen LogP contribution in [0.2, 0.25) is 0 Å². The third-order valence-electron chi connectivity index (χ3n) is 5.29. The summed E-state index contributed by atoms with van der Waals surface area (Å²) < 4.78 is 35.0. The highest BCUT2D eigenvalue weighted by atomic mass is 19.1. The van der Waals surface area contributed by atoms with Crippen molar-refractivity contribution in [1.29, 1.82) is 0 Å². The number of rotatable bonds is 7. The molecule has 10 nitrogen and oxygen atoms in total. The van der Waals surface area contributed by atoms with Crippen LogP contribution in [-0.4, -0.2) is 42.1 Å². The second kappa shape index (κ2) is 9.08. The lowest BCUT2D eigenvalue weighted by molar-refractivity contribution is -0.129. The van der Waals surface area contributed by atoms with E-state index in [9.17, 15) is 18.7 Å². The van der Waals surface area contributed by atoms with Crippen LogP contribution in [0.5, 0.6) is 0 Å². The van der Waals surface area contributed by atoms with E-state index in [0.29, 0.717) is 17.0 Å². The second-order valence-electron chi connectivity index (χ2n) is 8.06. The quantitative estimate of drug-likeness (QED) is 0.350. The number of amides is 1. The lowest BCUT2D eigenvalue weighted by Crippen LogP contribution is -2.46. The normalized spacial score (nSPS) is 12.5. The van der Waals surface area contributed by atoms with E-state index < -0.39 is 35.0 Å². The van der Waals surface area contributed by atoms with Crippen molar-refractivity contribution in [2.75, 3.05) is 5.32 Å². The van der Waals surface area contributed by atoms with E-state index in [2.05, 4.69) is 25.5 Å². The van der Waals surface area contributed by atoms with E-state index in [1.165, 1.54) is 30.9 Å². The van der Waals surface area contributed by atoms with Gasteiger partial charge in [0.2, 0.25) is 5.91 Å². The van der Waals surface area contributed by atoms with E-state index in [1.807, 2.05) is 0 Å². The summed E-state index contributed by atoms with van der Waals surface area (Å²) in [6, 6.07) is 9.45. The third kappa shape index (κ3) is 4.54. The summed E-state index contributed by atoms with van der Waals surface area (Å²) in [7, 11) is 0. The predicted octanol–water partition coefficient (Wildman–Crippen LogP) is 2.56. The van der Waals surface area contributed by atoms with Gasteiger partial charge < -0.3 is 20.7 Å². The number of nitrogens with one attached hydrogen (secondary N) is 1. The van der Waals surface area contributed by atoms with Gasteiger partial charge in [0, 0.05) is 11.6 Å². The second-order valence-corrected chi connectivity index (χ2v) is 8.06. The summed E-state index contributed by atoms with van der Waals surface area (Å²) in [4.78, 5) is 20.5. The Morgan fingerprint density at radius 3 is 2.68 bits per heavy atom. The fourth-order valence-electron chi connectivity index (χ4n) is 2.97. The minimum atomic E-state index is -1.48. The Bertz CT molecular complexity index is 1320. The van der Waals surface area contributed by atoms with Gasteiger partial charge in [0.15, 0.2) is 17.5 Å². The summed E-state index contributed by atoms with van der Waals surface area (Å²) in [6.07, 6.45) is 0.789. The van der Waals surface area contributed by atoms with E-state index in [-0.39, 0.29) is 18.1 Å². The number of nitrogens with two attached hydrogens (primary N) is 1. The fraction of sp³-hybridized carbons (Fsp3) is 0.227. The summed E-state index contributed by atoms with van der Waals surface area (Å²) in [6.45, 7) is 2.88. The van der Waals surface area contributed by atoms with Gasteiger partial charge in [0.05, 0.1) is 23.9 Å². The molecule has 1 unspecified atom stereocenters. The molecule has 0 saturated carbocycles. The summed E-state index contributed by atoms with van der Waals surface area (Å²) in [5.41, 5.74) is 5.57. The van der Waals surface area contributed by atoms with Crippen molar-refractivity contribution in [3.8, 4) is 22.9 Å². The number of aliphatic hydroxyl groups is 1. The highest BCUT2D eigenvalue weighted by Crippen LogP contribution is 2.27. The minimum absolute atomic E-state index is 0.000156. The lowest BCUT2D eigenvalue weighted by Gasteiger charge is -2.25. The van der Waals surface area contributed by atoms with Crippen LogP contribution in [0.3, 0.4) is 0 Å². The van der Waals surface area contributed by atoms with Crippen molar-refractivity contribution in [2.45, 2.75) is 26.6 Å². The van der Waals surface area contributed by atoms with Crippen LogP contribution in [0.4, 0.5) is 14.6 Å². The van der Waals surface area contributed by atoms with Crippen LogP contribution in [0, 0.1) is 17.0 Å². The van der Waals surface area contributed by atoms with Crippen LogP contribution in [-0.2, 0) is 11.3 Å². The molecule has 0 bridgehead atoms. The molecular weight excluding hydrogens is 448 g/mol. The molecule has 176 valence electrons. The lowest BCUT2D eigenvalue weighted by atomic mass is 9.90. The van der Waals surface area contributed by atoms with Gasteiger partial charge in [-0.15, -0.1) is 0 Å². The van der Waals surface area contributed by atoms with Crippen molar-refractivity contribution >= 4 is 11.7 Å². The maximum absolute atomic E-state index is 14.4. The first-order chi connectivity index (χ1) is 16.2.